The van der Waals surface area contributed by atoms with Crippen LogP contribution in [0.4, 0.5) is 18.3 Å². The van der Waals surface area contributed by atoms with Gasteiger partial charge in [-0.1, -0.05) is 29.5 Å². The Kier molecular flexibility index (Phi) is 3.59. The summed E-state index contributed by atoms with van der Waals surface area (Å²) in [6.45, 7) is 0.534. The molecule has 3 aromatic rings. The monoisotopic (exact) mass is 311 g/mol. The quantitative estimate of drug-likeness (QED) is 0.754. The van der Waals surface area contributed by atoms with E-state index in [0.29, 0.717) is 29.4 Å². The number of benzene rings is 1. The van der Waals surface area contributed by atoms with Crippen LogP contribution in [0.3, 0.4) is 0 Å². The topological polar surface area (TPSA) is 40.7 Å². The van der Waals surface area contributed by atoms with Crippen LogP contribution in [0.25, 0.3) is 10.9 Å². The van der Waals surface area contributed by atoms with Crippen LogP contribution in [0.5, 0.6) is 0 Å². The third-order valence-electron chi connectivity index (χ3n) is 3.13. The Balaban J connectivity index is 1.62. The van der Waals surface area contributed by atoms with E-state index in [1.54, 1.807) is 0 Å². The number of anilines is 1. The fourth-order valence-electron chi connectivity index (χ4n) is 2.13. The van der Waals surface area contributed by atoms with Crippen LogP contribution in [0.1, 0.15) is 10.4 Å². The van der Waals surface area contributed by atoms with Crippen LogP contribution in [-0.2, 0) is 12.6 Å². The number of aromatic amines is 1. The lowest BCUT2D eigenvalue weighted by Gasteiger charge is -2.02. The van der Waals surface area contributed by atoms with E-state index < -0.39 is 11.1 Å². The molecule has 0 atom stereocenters. The number of thiazole rings is 1. The maximum atomic E-state index is 12.5. The molecule has 21 heavy (non-hydrogen) atoms. The second-order valence-electron chi connectivity index (χ2n) is 4.56. The lowest BCUT2D eigenvalue weighted by atomic mass is 10.1. The number of hydrogen-bond acceptors (Lipinski definition) is 3. The average Bonchev–Trinajstić information content (AvgIpc) is 3.06. The smallest absolute Gasteiger partial charge is 0.361 e. The van der Waals surface area contributed by atoms with Crippen LogP contribution in [-0.4, -0.2) is 16.5 Å². The Bertz CT molecular complexity index is 745. The van der Waals surface area contributed by atoms with E-state index in [-0.39, 0.29) is 0 Å². The van der Waals surface area contributed by atoms with E-state index in [9.17, 15) is 13.2 Å². The summed E-state index contributed by atoms with van der Waals surface area (Å²) >= 11 is 0.626. The second kappa shape index (κ2) is 5.40. The van der Waals surface area contributed by atoms with Crippen LogP contribution in [0.2, 0.25) is 0 Å². The summed E-state index contributed by atoms with van der Waals surface area (Å²) in [5.41, 5.74) is 2.19. The predicted molar refractivity (Wildman–Crippen MR) is 77.6 cm³/mol. The Morgan fingerprint density at radius 3 is 2.81 bits per heavy atom. The van der Waals surface area contributed by atoms with Gasteiger partial charge in [-0.2, -0.15) is 13.2 Å². The third-order valence-corrected chi connectivity index (χ3v) is 4.13. The number of para-hydroxylation sites is 1. The third kappa shape index (κ3) is 3.02. The summed E-state index contributed by atoms with van der Waals surface area (Å²) in [6, 6.07) is 7.92. The first-order valence-electron chi connectivity index (χ1n) is 6.36. The van der Waals surface area contributed by atoms with Crippen LogP contribution in [0, 0.1) is 0 Å². The largest absolute Gasteiger partial charge is 0.427 e. The molecule has 2 N–H and O–H groups in total. The molecule has 2 heterocycles. The Hall–Kier alpha value is -2.02. The van der Waals surface area contributed by atoms with E-state index in [0.717, 1.165) is 22.7 Å². The highest BCUT2D eigenvalue weighted by Gasteiger charge is 2.33. The lowest BCUT2D eigenvalue weighted by molar-refractivity contribution is -0.134. The fourth-order valence-corrected chi connectivity index (χ4v) is 2.84. The number of alkyl halides is 3. The van der Waals surface area contributed by atoms with E-state index in [4.69, 9.17) is 0 Å². The van der Waals surface area contributed by atoms with Crippen molar-refractivity contribution >= 4 is 27.4 Å². The van der Waals surface area contributed by atoms with E-state index in [2.05, 4.69) is 15.3 Å². The van der Waals surface area contributed by atoms with Crippen molar-refractivity contribution in [3.05, 3.63) is 47.1 Å². The normalized spacial score (nSPS) is 12.0. The number of nitrogens with one attached hydrogen (secondary N) is 2. The van der Waals surface area contributed by atoms with Crippen LogP contribution >= 0.6 is 11.3 Å². The van der Waals surface area contributed by atoms with Crippen molar-refractivity contribution in [2.24, 2.45) is 0 Å². The minimum atomic E-state index is -4.32. The molecule has 0 radical (unpaired) electrons. The number of hydrogen-bond donors (Lipinski definition) is 2. The molecule has 3 nitrogen and oxygen atoms in total. The molecule has 0 aliphatic carbocycles. The van der Waals surface area contributed by atoms with Gasteiger partial charge in [0.25, 0.3) is 0 Å². The summed E-state index contributed by atoms with van der Waals surface area (Å²) in [5, 5.41) is 4.36. The Morgan fingerprint density at radius 2 is 2.05 bits per heavy atom. The van der Waals surface area contributed by atoms with Crippen molar-refractivity contribution in [1.82, 2.24) is 9.97 Å². The van der Waals surface area contributed by atoms with Gasteiger partial charge in [-0.15, -0.1) is 0 Å². The molecule has 0 fully saturated rings. The zero-order valence-corrected chi connectivity index (χ0v) is 11.7. The lowest BCUT2D eigenvalue weighted by Crippen LogP contribution is -2.04. The molecule has 1 aromatic carbocycles. The van der Waals surface area contributed by atoms with Gasteiger partial charge < -0.3 is 10.3 Å². The summed E-state index contributed by atoms with van der Waals surface area (Å²) in [4.78, 5) is 6.23. The number of rotatable bonds is 4. The number of halogens is 3. The Morgan fingerprint density at radius 1 is 1.24 bits per heavy atom. The Labute approximate surface area is 122 Å². The average molecular weight is 311 g/mol. The molecule has 2 aromatic heterocycles. The summed E-state index contributed by atoms with van der Waals surface area (Å²) in [7, 11) is 0. The highest BCUT2D eigenvalue weighted by atomic mass is 32.1. The summed E-state index contributed by atoms with van der Waals surface area (Å²) in [5.74, 6) is 0. The van der Waals surface area contributed by atoms with Crippen molar-refractivity contribution in [3.8, 4) is 0 Å². The molecule has 0 bridgehead atoms. The zero-order valence-electron chi connectivity index (χ0n) is 10.9. The molecule has 0 saturated heterocycles. The molecule has 0 saturated carbocycles. The van der Waals surface area contributed by atoms with E-state index >= 15 is 0 Å². The first-order valence-corrected chi connectivity index (χ1v) is 7.17. The summed E-state index contributed by atoms with van der Waals surface area (Å²) < 4.78 is 37.4. The summed E-state index contributed by atoms with van der Waals surface area (Å²) in [6.07, 6.45) is -0.826. The van der Waals surface area contributed by atoms with Crippen molar-refractivity contribution in [3.63, 3.8) is 0 Å². The standard InChI is InChI=1S/C14H12F3N3S/c15-14(16,17)12-8-20-13(21-12)18-6-5-9-7-19-11-4-2-1-3-10(9)11/h1-4,7-8,19H,5-6H2,(H,18,20). The predicted octanol–water partition coefficient (Wildman–Crippen LogP) is 4.30. The van der Waals surface area contributed by atoms with Gasteiger partial charge in [0.05, 0.1) is 6.20 Å². The molecule has 7 heteroatoms. The molecule has 0 amide bonds. The highest BCUT2D eigenvalue weighted by molar-refractivity contribution is 7.15. The van der Waals surface area contributed by atoms with Gasteiger partial charge in [-0.05, 0) is 18.1 Å². The van der Waals surface area contributed by atoms with Crippen molar-refractivity contribution in [1.29, 1.82) is 0 Å². The number of H-pyrrole nitrogens is 1. The van der Waals surface area contributed by atoms with E-state index in [1.165, 1.54) is 0 Å². The minimum Gasteiger partial charge on any atom is -0.361 e. The number of aromatic nitrogens is 2. The molecular formula is C14H12F3N3S. The molecule has 0 unspecified atom stereocenters. The van der Waals surface area contributed by atoms with Crippen molar-refractivity contribution in [2.75, 3.05) is 11.9 Å². The van der Waals surface area contributed by atoms with Crippen LogP contribution in [0.15, 0.2) is 36.7 Å². The van der Waals surface area contributed by atoms with Gasteiger partial charge >= 0.3 is 6.18 Å². The van der Waals surface area contributed by atoms with Gasteiger partial charge in [0.1, 0.15) is 4.88 Å². The maximum Gasteiger partial charge on any atom is 0.427 e. The number of fused-ring (bicyclic) bond motifs is 1. The van der Waals surface area contributed by atoms with Gasteiger partial charge in [0.2, 0.25) is 0 Å². The molecular weight excluding hydrogens is 299 g/mol. The molecule has 0 aliphatic rings. The molecule has 3 rings (SSSR count). The van der Waals surface area contributed by atoms with Crippen LogP contribution < -0.4 is 5.32 Å². The SMILES string of the molecule is FC(F)(F)c1cnc(NCCc2c[nH]c3ccccc23)s1. The fraction of sp³-hybridized carbons (Fsp3) is 0.214. The number of nitrogens with zero attached hydrogens (tertiary/aromatic N) is 1. The maximum absolute atomic E-state index is 12.5. The molecule has 0 spiro atoms. The van der Waals surface area contributed by atoms with Crippen molar-refractivity contribution < 1.29 is 13.2 Å². The minimum absolute atomic E-state index is 0.294. The molecule has 110 valence electrons. The van der Waals surface area contributed by atoms with Gasteiger partial charge in [-0.25, -0.2) is 4.98 Å². The first kappa shape index (κ1) is 13.9. The van der Waals surface area contributed by atoms with E-state index in [1.807, 2.05) is 30.5 Å². The van der Waals surface area contributed by atoms with Gasteiger partial charge in [0, 0.05) is 23.6 Å². The zero-order chi connectivity index (χ0) is 14.9. The van der Waals surface area contributed by atoms with Crippen molar-refractivity contribution in [2.45, 2.75) is 12.6 Å². The second-order valence-corrected chi connectivity index (χ2v) is 5.59. The highest BCUT2D eigenvalue weighted by Crippen LogP contribution is 2.34. The van der Waals surface area contributed by atoms with Gasteiger partial charge in [-0.3, -0.25) is 0 Å². The van der Waals surface area contributed by atoms with Gasteiger partial charge in [0.15, 0.2) is 5.13 Å². The first-order chi connectivity index (χ1) is 10.0. The molecule has 0 aliphatic heterocycles.